The van der Waals surface area contributed by atoms with Crippen LogP contribution in [0.1, 0.15) is 30.0 Å². The molecule has 1 aliphatic carbocycles. The first-order chi connectivity index (χ1) is 13.2. The van der Waals surface area contributed by atoms with E-state index < -0.39 is 6.04 Å². The lowest BCUT2D eigenvalue weighted by Crippen LogP contribution is -2.51. The molecular formula is C23H22ClNO2. The van der Waals surface area contributed by atoms with Gasteiger partial charge >= 0.3 is 5.97 Å². The second-order valence-corrected chi connectivity index (χ2v) is 7.33. The van der Waals surface area contributed by atoms with Gasteiger partial charge in [-0.3, -0.25) is 10.1 Å². The number of hydrogen-bond donors (Lipinski definition) is 1. The minimum absolute atomic E-state index is 0.0363. The standard InChI is InChI=1S/C23H22ClNO2/c1-2-27-23(26)22-20(15-11-13-17(24)14-12-15)18-9-6-10-19(18)21(25-22)16-7-4-3-5-8-16/h3-14,19-22,25H,2H2,1H3/t19-,20-,21+,22+/m1/s1. The summed E-state index contributed by atoms with van der Waals surface area (Å²) in [4.78, 5) is 12.9. The second-order valence-electron chi connectivity index (χ2n) is 6.89. The molecule has 0 aromatic heterocycles. The molecule has 0 radical (unpaired) electrons. The van der Waals surface area contributed by atoms with Gasteiger partial charge in [-0.25, -0.2) is 0 Å². The Morgan fingerprint density at radius 3 is 2.52 bits per heavy atom. The number of halogens is 1. The van der Waals surface area contributed by atoms with Gasteiger partial charge in [0.2, 0.25) is 0 Å². The predicted molar refractivity (Wildman–Crippen MR) is 108 cm³/mol. The van der Waals surface area contributed by atoms with Crippen LogP contribution in [-0.4, -0.2) is 18.6 Å². The first-order valence-corrected chi connectivity index (χ1v) is 9.68. The maximum Gasteiger partial charge on any atom is 0.324 e. The van der Waals surface area contributed by atoms with Gasteiger partial charge in [-0.2, -0.15) is 0 Å². The topological polar surface area (TPSA) is 38.3 Å². The smallest absolute Gasteiger partial charge is 0.324 e. The van der Waals surface area contributed by atoms with Crippen LogP contribution in [0, 0.1) is 5.92 Å². The molecule has 4 atom stereocenters. The van der Waals surface area contributed by atoms with E-state index in [9.17, 15) is 4.79 Å². The van der Waals surface area contributed by atoms with Gasteiger partial charge in [0, 0.05) is 22.9 Å². The van der Waals surface area contributed by atoms with Gasteiger partial charge in [-0.1, -0.05) is 77.9 Å². The number of fused-ring (bicyclic) bond motifs is 1. The molecule has 1 N–H and O–H groups in total. The van der Waals surface area contributed by atoms with Crippen molar-refractivity contribution >= 4 is 17.6 Å². The summed E-state index contributed by atoms with van der Waals surface area (Å²) < 4.78 is 5.41. The monoisotopic (exact) mass is 379 g/mol. The van der Waals surface area contributed by atoms with E-state index >= 15 is 0 Å². The van der Waals surface area contributed by atoms with E-state index in [4.69, 9.17) is 16.3 Å². The zero-order valence-corrected chi connectivity index (χ0v) is 15.9. The van der Waals surface area contributed by atoms with Gasteiger partial charge in [-0.05, 0) is 30.2 Å². The Labute approximate surface area is 164 Å². The Bertz CT molecular complexity index is 873. The fourth-order valence-electron chi connectivity index (χ4n) is 4.16. The number of piperidine rings is 1. The SMILES string of the molecule is CCOC(=O)[C@H]1N[C@@H](c2ccccc2)[C@@H]2C=CC=C2[C@H]1c1ccc(Cl)cc1. The number of carbonyl (C=O) groups excluding carboxylic acids is 1. The van der Waals surface area contributed by atoms with Crippen molar-refractivity contribution in [3.05, 3.63) is 94.5 Å². The largest absolute Gasteiger partial charge is 0.465 e. The first-order valence-electron chi connectivity index (χ1n) is 9.30. The predicted octanol–water partition coefficient (Wildman–Crippen LogP) is 4.81. The van der Waals surface area contributed by atoms with Gasteiger partial charge in [-0.15, -0.1) is 0 Å². The van der Waals surface area contributed by atoms with Crippen LogP contribution in [0.5, 0.6) is 0 Å². The average Bonchev–Trinajstić information content (AvgIpc) is 3.18. The van der Waals surface area contributed by atoms with E-state index in [-0.39, 0.29) is 23.8 Å². The van der Waals surface area contributed by atoms with Gasteiger partial charge in [0.1, 0.15) is 6.04 Å². The highest BCUT2D eigenvalue weighted by molar-refractivity contribution is 6.30. The van der Waals surface area contributed by atoms with Crippen LogP contribution in [-0.2, 0) is 9.53 Å². The fourth-order valence-corrected chi connectivity index (χ4v) is 4.29. The van der Waals surface area contributed by atoms with E-state index in [0.29, 0.717) is 11.6 Å². The first kappa shape index (κ1) is 18.0. The molecule has 1 saturated heterocycles. The van der Waals surface area contributed by atoms with Crippen molar-refractivity contribution in [1.29, 1.82) is 0 Å². The molecule has 4 rings (SSSR count). The molecule has 0 bridgehead atoms. The van der Waals surface area contributed by atoms with E-state index in [1.54, 1.807) is 0 Å². The third-order valence-electron chi connectivity index (χ3n) is 5.33. The zero-order chi connectivity index (χ0) is 18.8. The van der Waals surface area contributed by atoms with E-state index in [2.05, 4.69) is 35.7 Å². The number of ether oxygens (including phenoxy) is 1. The summed E-state index contributed by atoms with van der Waals surface area (Å²) in [6, 6.07) is 17.6. The number of rotatable bonds is 4. The summed E-state index contributed by atoms with van der Waals surface area (Å²) in [6.45, 7) is 2.20. The molecule has 0 amide bonds. The number of allylic oxidation sites excluding steroid dienone is 2. The van der Waals surface area contributed by atoms with Crippen molar-refractivity contribution in [3.63, 3.8) is 0 Å². The highest BCUT2D eigenvalue weighted by atomic mass is 35.5. The summed E-state index contributed by atoms with van der Waals surface area (Å²) in [6.07, 6.45) is 6.45. The van der Waals surface area contributed by atoms with Crippen LogP contribution in [0.4, 0.5) is 0 Å². The lowest BCUT2D eigenvalue weighted by molar-refractivity contribution is -0.146. The number of nitrogens with one attached hydrogen (secondary N) is 1. The Kier molecular flexibility index (Phi) is 5.15. The van der Waals surface area contributed by atoms with Crippen molar-refractivity contribution in [2.45, 2.75) is 24.9 Å². The second kappa shape index (κ2) is 7.71. The van der Waals surface area contributed by atoms with Crippen molar-refractivity contribution in [1.82, 2.24) is 5.32 Å². The van der Waals surface area contributed by atoms with Crippen LogP contribution < -0.4 is 5.32 Å². The van der Waals surface area contributed by atoms with Crippen molar-refractivity contribution in [2.24, 2.45) is 5.92 Å². The lowest BCUT2D eigenvalue weighted by atomic mass is 9.72. The summed E-state index contributed by atoms with van der Waals surface area (Å²) in [5.41, 5.74) is 3.48. The summed E-state index contributed by atoms with van der Waals surface area (Å²) in [5.74, 6) is -0.0929. The molecule has 4 heteroatoms. The van der Waals surface area contributed by atoms with Crippen LogP contribution in [0.3, 0.4) is 0 Å². The highest BCUT2D eigenvalue weighted by Gasteiger charge is 2.45. The van der Waals surface area contributed by atoms with E-state index in [1.807, 2.05) is 49.4 Å². The molecule has 138 valence electrons. The minimum Gasteiger partial charge on any atom is -0.465 e. The van der Waals surface area contributed by atoms with Crippen LogP contribution >= 0.6 is 11.6 Å². The Hall–Kier alpha value is -2.36. The number of benzene rings is 2. The third kappa shape index (κ3) is 3.45. The molecule has 2 aromatic rings. The Morgan fingerprint density at radius 1 is 1.07 bits per heavy atom. The number of esters is 1. The lowest BCUT2D eigenvalue weighted by Gasteiger charge is -2.42. The molecule has 0 saturated carbocycles. The molecular weight excluding hydrogens is 358 g/mol. The number of carbonyl (C=O) groups is 1. The maximum absolute atomic E-state index is 12.9. The minimum atomic E-state index is -0.446. The van der Waals surface area contributed by atoms with Crippen molar-refractivity contribution in [3.8, 4) is 0 Å². The number of hydrogen-bond acceptors (Lipinski definition) is 3. The zero-order valence-electron chi connectivity index (χ0n) is 15.1. The highest BCUT2D eigenvalue weighted by Crippen LogP contribution is 2.46. The van der Waals surface area contributed by atoms with Gasteiger partial charge < -0.3 is 4.74 Å². The Balaban J connectivity index is 1.76. The van der Waals surface area contributed by atoms with Gasteiger partial charge in [0.25, 0.3) is 0 Å². The van der Waals surface area contributed by atoms with Crippen LogP contribution in [0.15, 0.2) is 78.4 Å². The fraction of sp³-hybridized carbons (Fsp3) is 0.261. The van der Waals surface area contributed by atoms with Crippen molar-refractivity contribution < 1.29 is 9.53 Å². The third-order valence-corrected chi connectivity index (χ3v) is 5.58. The molecule has 27 heavy (non-hydrogen) atoms. The Morgan fingerprint density at radius 2 is 1.81 bits per heavy atom. The molecule has 1 fully saturated rings. The molecule has 2 aromatic carbocycles. The quantitative estimate of drug-likeness (QED) is 0.774. The van der Waals surface area contributed by atoms with Crippen LogP contribution in [0.25, 0.3) is 0 Å². The summed E-state index contributed by atoms with van der Waals surface area (Å²) in [5, 5.41) is 4.28. The summed E-state index contributed by atoms with van der Waals surface area (Å²) >= 11 is 6.08. The molecule has 0 spiro atoms. The maximum atomic E-state index is 12.9. The average molecular weight is 380 g/mol. The normalized spacial score (nSPS) is 26.4. The summed E-state index contributed by atoms with van der Waals surface area (Å²) in [7, 11) is 0. The van der Waals surface area contributed by atoms with E-state index in [1.165, 1.54) is 11.1 Å². The molecule has 1 aliphatic heterocycles. The molecule has 2 aliphatic rings. The molecule has 0 unspecified atom stereocenters. The van der Waals surface area contributed by atoms with Crippen LogP contribution in [0.2, 0.25) is 5.02 Å². The molecule has 1 heterocycles. The van der Waals surface area contributed by atoms with E-state index in [0.717, 1.165) is 5.56 Å². The van der Waals surface area contributed by atoms with Gasteiger partial charge in [0.05, 0.1) is 6.61 Å². The molecule has 3 nitrogen and oxygen atoms in total. The van der Waals surface area contributed by atoms with Gasteiger partial charge in [0.15, 0.2) is 0 Å². The van der Waals surface area contributed by atoms with Crippen molar-refractivity contribution in [2.75, 3.05) is 6.61 Å².